The van der Waals surface area contributed by atoms with Gasteiger partial charge >= 0.3 is 0 Å². The van der Waals surface area contributed by atoms with Crippen molar-refractivity contribution in [2.24, 2.45) is 0 Å². The van der Waals surface area contributed by atoms with E-state index in [2.05, 4.69) is 56.1 Å². The maximum absolute atomic E-state index is 4.27. The lowest BCUT2D eigenvalue weighted by atomic mass is 9.91. The minimum atomic E-state index is 0.844. The van der Waals surface area contributed by atoms with Gasteiger partial charge in [0.1, 0.15) is 0 Å². The van der Waals surface area contributed by atoms with Gasteiger partial charge in [-0.15, -0.1) is 0 Å². The zero-order valence-electron chi connectivity index (χ0n) is 12.3. The molecule has 0 aliphatic rings. The maximum atomic E-state index is 4.27. The largest absolute Gasteiger partial charge is 0.0990 e. The van der Waals surface area contributed by atoms with Gasteiger partial charge in [-0.3, -0.25) is 0 Å². The van der Waals surface area contributed by atoms with Crippen LogP contribution < -0.4 is 0 Å². The predicted molar refractivity (Wildman–Crippen MR) is 94.0 cm³/mol. The van der Waals surface area contributed by atoms with Gasteiger partial charge in [0, 0.05) is 0 Å². The molecular formula is C21H20. The SMILES string of the molecule is C=C/C=C(\C=C)c1ccccc1C(=C)Cc1ccccc1. The molecule has 0 nitrogen and oxygen atoms in total. The molecule has 0 saturated heterocycles. The lowest BCUT2D eigenvalue weighted by Gasteiger charge is -2.13. The van der Waals surface area contributed by atoms with Gasteiger partial charge in [-0.05, 0) is 34.3 Å². The van der Waals surface area contributed by atoms with Crippen molar-refractivity contribution in [3.05, 3.63) is 109 Å². The molecule has 0 aliphatic carbocycles. The average Bonchev–Trinajstić information content (AvgIpc) is 2.53. The summed E-state index contributed by atoms with van der Waals surface area (Å²) in [5.74, 6) is 0. The van der Waals surface area contributed by atoms with E-state index in [-0.39, 0.29) is 0 Å². The second kappa shape index (κ2) is 7.25. The van der Waals surface area contributed by atoms with E-state index >= 15 is 0 Å². The number of allylic oxidation sites excluding steroid dienone is 5. The van der Waals surface area contributed by atoms with Crippen LogP contribution in [-0.2, 0) is 6.42 Å². The predicted octanol–water partition coefficient (Wildman–Crippen LogP) is 5.70. The highest BCUT2D eigenvalue weighted by Gasteiger charge is 2.08. The van der Waals surface area contributed by atoms with Crippen molar-refractivity contribution >= 4 is 11.1 Å². The second-order valence-corrected chi connectivity index (χ2v) is 4.87. The van der Waals surface area contributed by atoms with Crippen LogP contribution in [0.25, 0.3) is 11.1 Å². The number of hydrogen-bond acceptors (Lipinski definition) is 0. The van der Waals surface area contributed by atoms with E-state index in [1.54, 1.807) is 6.08 Å². The first-order valence-electron chi connectivity index (χ1n) is 7.03. The van der Waals surface area contributed by atoms with Crippen LogP contribution in [0.15, 0.2) is 92.6 Å². The van der Waals surface area contributed by atoms with Crippen molar-refractivity contribution in [2.45, 2.75) is 6.42 Å². The third-order valence-electron chi connectivity index (χ3n) is 3.40. The smallest absolute Gasteiger partial charge is 0.00255 e. The first-order valence-corrected chi connectivity index (χ1v) is 7.03. The Morgan fingerprint density at radius 3 is 2.10 bits per heavy atom. The summed E-state index contributed by atoms with van der Waals surface area (Å²) in [5, 5.41) is 0. The van der Waals surface area contributed by atoms with E-state index in [1.165, 1.54) is 5.56 Å². The Balaban J connectivity index is 2.36. The molecule has 0 unspecified atom stereocenters. The molecule has 104 valence electrons. The first-order chi connectivity index (χ1) is 10.3. The molecule has 0 amide bonds. The fourth-order valence-corrected chi connectivity index (χ4v) is 2.38. The third-order valence-corrected chi connectivity index (χ3v) is 3.40. The van der Waals surface area contributed by atoms with Crippen molar-refractivity contribution in [3.63, 3.8) is 0 Å². The van der Waals surface area contributed by atoms with Crippen LogP contribution in [0.4, 0.5) is 0 Å². The quantitative estimate of drug-likeness (QED) is 0.592. The molecule has 0 N–H and O–H groups in total. The number of hydrogen-bond donors (Lipinski definition) is 0. The van der Waals surface area contributed by atoms with E-state index in [1.807, 2.05) is 30.4 Å². The molecule has 0 fully saturated rings. The molecule has 2 rings (SSSR count). The molecule has 0 atom stereocenters. The van der Waals surface area contributed by atoms with Crippen LogP contribution in [0.3, 0.4) is 0 Å². The van der Waals surface area contributed by atoms with Gasteiger partial charge in [0.25, 0.3) is 0 Å². The summed E-state index contributed by atoms with van der Waals surface area (Å²) in [5.41, 5.74) is 5.75. The van der Waals surface area contributed by atoms with Crippen molar-refractivity contribution in [1.29, 1.82) is 0 Å². The third kappa shape index (κ3) is 3.70. The molecular weight excluding hydrogens is 252 g/mol. The fraction of sp³-hybridized carbons (Fsp3) is 0.0476. The first kappa shape index (κ1) is 14.8. The Bertz CT molecular complexity index is 672. The number of rotatable bonds is 6. The van der Waals surface area contributed by atoms with E-state index in [0.29, 0.717) is 0 Å². The number of benzene rings is 2. The average molecular weight is 272 g/mol. The van der Waals surface area contributed by atoms with Gasteiger partial charge in [0.15, 0.2) is 0 Å². The van der Waals surface area contributed by atoms with Crippen LogP contribution >= 0.6 is 0 Å². The van der Waals surface area contributed by atoms with E-state index in [4.69, 9.17) is 0 Å². The van der Waals surface area contributed by atoms with E-state index in [9.17, 15) is 0 Å². The Hall–Kier alpha value is -2.60. The van der Waals surface area contributed by atoms with Gasteiger partial charge < -0.3 is 0 Å². The lowest BCUT2D eigenvalue weighted by Crippen LogP contribution is -1.94. The zero-order valence-corrected chi connectivity index (χ0v) is 12.3. The Labute approximate surface area is 127 Å². The summed E-state index contributed by atoms with van der Waals surface area (Å²) in [6.45, 7) is 11.9. The molecule has 0 aliphatic heterocycles. The minimum absolute atomic E-state index is 0.844. The molecule has 0 saturated carbocycles. The summed E-state index contributed by atoms with van der Waals surface area (Å²) in [7, 11) is 0. The molecule has 0 radical (unpaired) electrons. The van der Waals surface area contributed by atoms with Crippen molar-refractivity contribution in [3.8, 4) is 0 Å². The van der Waals surface area contributed by atoms with Gasteiger partial charge in [0.05, 0.1) is 0 Å². The van der Waals surface area contributed by atoms with Gasteiger partial charge in [-0.1, -0.05) is 92.6 Å². The molecule has 2 aromatic rings. The molecule has 0 heterocycles. The monoisotopic (exact) mass is 272 g/mol. The van der Waals surface area contributed by atoms with E-state index < -0.39 is 0 Å². The van der Waals surface area contributed by atoms with Crippen LogP contribution in [-0.4, -0.2) is 0 Å². The van der Waals surface area contributed by atoms with Crippen LogP contribution in [0.2, 0.25) is 0 Å². The Morgan fingerprint density at radius 2 is 1.48 bits per heavy atom. The summed E-state index contributed by atoms with van der Waals surface area (Å²) in [6.07, 6.45) is 6.46. The van der Waals surface area contributed by atoms with Gasteiger partial charge in [0.2, 0.25) is 0 Å². The lowest BCUT2D eigenvalue weighted by molar-refractivity contribution is 1.28. The van der Waals surface area contributed by atoms with E-state index in [0.717, 1.165) is 28.7 Å². The van der Waals surface area contributed by atoms with Gasteiger partial charge in [-0.2, -0.15) is 0 Å². The molecule has 0 heteroatoms. The second-order valence-electron chi connectivity index (χ2n) is 4.87. The maximum Gasteiger partial charge on any atom is -0.00255 e. The molecule has 0 spiro atoms. The molecule has 0 bridgehead atoms. The van der Waals surface area contributed by atoms with Crippen LogP contribution in [0, 0.1) is 0 Å². The minimum Gasteiger partial charge on any atom is -0.0990 e. The molecule has 21 heavy (non-hydrogen) atoms. The molecule has 0 aromatic heterocycles. The van der Waals surface area contributed by atoms with Crippen molar-refractivity contribution < 1.29 is 0 Å². The highest BCUT2D eigenvalue weighted by Crippen LogP contribution is 2.27. The van der Waals surface area contributed by atoms with Crippen molar-refractivity contribution in [2.75, 3.05) is 0 Å². The topological polar surface area (TPSA) is 0 Å². The normalized spacial score (nSPS) is 11.0. The summed E-state index contributed by atoms with van der Waals surface area (Å²) >= 11 is 0. The summed E-state index contributed by atoms with van der Waals surface area (Å²) < 4.78 is 0. The molecule has 2 aromatic carbocycles. The van der Waals surface area contributed by atoms with Crippen LogP contribution in [0.5, 0.6) is 0 Å². The Morgan fingerprint density at radius 1 is 0.857 bits per heavy atom. The highest BCUT2D eigenvalue weighted by atomic mass is 14.1. The standard InChI is InChI=1S/C21H20/c1-4-11-19(5-2)21-15-10-9-14-20(21)17(3)16-18-12-7-6-8-13-18/h4-15H,1-3,16H2/b19-11+. The zero-order chi connectivity index (χ0) is 15.1. The Kier molecular flexibility index (Phi) is 5.11. The highest BCUT2D eigenvalue weighted by molar-refractivity contribution is 5.84. The fourth-order valence-electron chi connectivity index (χ4n) is 2.38. The van der Waals surface area contributed by atoms with Gasteiger partial charge in [-0.25, -0.2) is 0 Å². The summed E-state index contributed by atoms with van der Waals surface area (Å²) in [4.78, 5) is 0. The van der Waals surface area contributed by atoms with Crippen LogP contribution in [0.1, 0.15) is 16.7 Å². The summed E-state index contributed by atoms with van der Waals surface area (Å²) in [6, 6.07) is 18.7. The van der Waals surface area contributed by atoms with Crippen molar-refractivity contribution in [1.82, 2.24) is 0 Å².